The van der Waals surface area contributed by atoms with Crippen molar-refractivity contribution in [1.29, 1.82) is 0 Å². The number of methoxy groups -OCH3 is 1. The van der Waals surface area contributed by atoms with Gasteiger partial charge in [-0.3, -0.25) is 9.59 Å². The van der Waals surface area contributed by atoms with Crippen LogP contribution in [0.2, 0.25) is 0 Å². The monoisotopic (exact) mass is 324 g/mol. The Balaban J connectivity index is 1.86. The van der Waals surface area contributed by atoms with Gasteiger partial charge in [0.15, 0.2) is 0 Å². The SMILES string of the molecule is COc1ccccc1N[C@@H]1CC(=O)N(c2ccc(C)cc2C)C1=O. The maximum absolute atomic E-state index is 12.8. The molecule has 124 valence electrons. The summed E-state index contributed by atoms with van der Waals surface area (Å²) >= 11 is 0. The van der Waals surface area contributed by atoms with Crippen molar-refractivity contribution in [3.63, 3.8) is 0 Å². The second-order valence-corrected chi connectivity index (χ2v) is 5.96. The number of benzene rings is 2. The lowest BCUT2D eigenvalue weighted by atomic mass is 10.1. The number of carbonyl (C=O) groups excluding carboxylic acids is 2. The van der Waals surface area contributed by atoms with E-state index in [1.807, 2.05) is 56.3 Å². The molecule has 0 radical (unpaired) electrons. The van der Waals surface area contributed by atoms with E-state index in [0.29, 0.717) is 17.1 Å². The Labute approximate surface area is 141 Å². The van der Waals surface area contributed by atoms with E-state index in [2.05, 4.69) is 5.32 Å². The summed E-state index contributed by atoms with van der Waals surface area (Å²) in [5.41, 5.74) is 3.36. The number of hydrogen-bond acceptors (Lipinski definition) is 4. The van der Waals surface area contributed by atoms with Crippen LogP contribution in [0.15, 0.2) is 42.5 Å². The summed E-state index contributed by atoms with van der Waals surface area (Å²) in [6, 6.07) is 12.5. The summed E-state index contributed by atoms with van der Waals surface area (Å²) in [5, 5.41) is 3.13. The number of carbonyl (C=O) groups is 2. The molecule has 2 amide bonds. The van der Waals surface area contributed by atoms with E-state index in [-0.39, 0.29) is 18.2 Å². The van der Waals surface area contributed by atoms with Crippen LogP contribution in [0.25, 0.3) is 0 Å². The van der Waals surface area contributed by atoms with Crippen molar-refractivity contribution in [2.45, 2.75) is 26.3 Å². The maximum atomic E-state index is 12.8. The van der Waals surface area contributed by atoms with E-state index in [1.165, 1.54) is 4.90 Å². The second-order valence-electron chi connectivity index (χ2n) is 5.96. The van der Waals surface area contributed by atoms with Gasteiger partial charge in [-0.1, -0.05) is 29.8 Å². The zero-order valence-corrected chi connectivity index (χ0v) is 14.0. The van der Waals surface area contributed by atoms with E-state index < -0.39 is 6.04 Å². The van der Waals surface area contributed by atoms with Gasteiger partial charge >= 0.3 is 0 Å². The molecule has 1 heterocycles. The first kappa shape index (κ1) is 16.1. The average Bonchev–Trinajstić information content (AvgIpc) is 2.83. The Morgan fingerprint density at radius 3 is 2.58 bits per heavy atom. The Morgan fingerprint density at radius 1 is 1.12 bits per heavy atom. The van der Waals surface area contributed by atoms with E-state index in [9.17, 15) is 9.59 Å². The zero-order valence-electron chi connectivity index (χ0n) is 14.0. The molecule has 2 aromatic carbocycles. The van der Waals surface area contributed by atoms with Crippen LogP contribution in [-0.2, 0) is 9.59 Å². The molecule has 0 aliphatic carbocycles. The number of hydrogen-bond donors (Lipinski definition) is 1. The normalized spacial score (nSPS) is 17.3. The molecule has 1 N–H and O–H groups in total. The molecule has 0 saturated carbocycles. The van der Waals surface area contributed by atoms with Crippen LogP contribution >= 0.6 is 0 Å². The summed E-state index contributed by atoms with van der Waals surface area (Å²) in [5.74, 6) is 0.208. The third-order valence-electron chi connectivity index (χ3n) is 4.18. The lowest BCUT2D eigenvalue weighted by Crippen LogP contribution is -2.35. The fourth-order valence-corrected chi connectivity index (χ4v) is 3.01. The topological polar surface area (TPSA) is 58.6 Å². The number of amides is 2. The zero-order chi connectivity index (χ0) is 17.3. The Kier molecular flexibility index (Phi) is 4.25. The van der Waals surface area contributed by atoms with Crippen molar-refractivity contribution in [2.24, 2.45) is 0 Å². The van der Waals surface area contributed by atoms with Crippen molar-refractivity contribution < 1.29 is 14.3 Å². The van der Waals surface area contributed by atoms with Gasteiger partial charge in [-0.25, -0.2) is 4.90 Å². The van der Waals surface area contributed by atoms with Crippen LogP contribution in [0.3, 0.4) is 0 Å². The molecule has 5 nitrogen and oxygen atoms in total. The maximum Gasteiger partial charge on any atom is 0.256 e. The summed E-state index contributed by atoms with van der Waals surface area (Å²) < 4.78 is 5.29. The van der Waals surface area contributed by atoms with Gasteiger partial charge in [-0.05, 0) is 37.6 Å². The van der Waals surface area contributed by atoms with Gasteiger partial charge in [0.05, 0.1) is 24.9 Å². The van der Waals surface area contributed by atoms with Crippen molar-refractivity contribution in [1.82, 2.24) is 0 Å². The molecular formula is C19H20N2O3. The largest absolute Gasteiger partial charge is 0.495 e. The Bertz CT molecular complexity index is 801. The highest BCUT2D eigenvalue weighted by atomic mass is 16.5. The minimum Gasteiger partial charge on any atom is -0.495 e. The molecule has 1 aliphatic heterocycles. The predicted molar refractivity (Wildman–Crippen MR) is 93.4 cm³/mol. The fraction of sp³-hybridized carbons (Fsp3) is 0.263. The number of aryl methyl sites for hydroxylation is 2. The molecule has 1 fully saturated rings. The van der Waals surface area contributed by atoms with Crippen LogP contribution in [0.1, 0.15) is 17.5 Å². The number of para-hydroxylation sites is 2. The van der Waals surface area contributed by atoms with Crippen LogP contribution in [0.4, 0.5) is 11.4 Å². The van der Waals surface area contributed by atoms with E-state index in [0.717, 1.165) is 11.1 Å². The lowest BCUT2D eigenvalue weighted by molar-refractivity contribution is -0.121. The highest BCUT2D eigenvalue weighted by Crippen LogP contribution is 2.30. The molecule has 0 unspecified atom stereocenters. The first-order valence-electron chi connectivity index (χ1n) is 7.85. The molecular weight excluding hydrogens is 304 g/mol. The Hall–Kier alpha value is -2.82. The number of rotatable bonds is 4. The summed E-state index contributed by atoms with van der Waals surface area (Å²) in [6.45, 7) is 3.89. The molecule has 0 bridgehead atoms. The van der Waals surface area contributed by atoms with Crippen molar-refractivity contribution in [3.05, 3.63) is 53.6 Å². The number of nitrogens with zero attached hydrogens (tertiary/aromatic N) is 1. The molecule has 1 atom stereocenters. The van der Waals surface area contributed by atoms with Gasteiger partial charge < -0.3 is 10.1 Å². The lowest BCUT2D eigenvalue weighted by Gasteiger charge is -2.19. The first-order valence-corrected chi connectivity index (χ1v) is 7.85. The quantitative estimate of drug-likeness (QED) is 0.878. The predicted octanol–water partition coefficient (Wildman–Crippen LogP) is 3.06. The number of anilines is 2. The molecule has 0 spiro atoms. The molecule has 1 aliphatic rings. The average molecular weight is 324 g/mol. The Morgan fingerprint density at radius 2 is 1.88 bits per heavy atom. The molecule has 5 heteroatoms. The number of imide groups is 1. The summed E-state index contributed by atoms with van der Waals surface area (Å²) in [6.07, 6.45) is 0.129. The molecule has 1 saturated heterocycles. The van der Waals surface area contributed by atoms with Crippen LogP contribution in [-0.4, -0.2) is 25.0 Å². The van der Waals surface area contributed by atoms with Gasteiger partial charge in [0.25, 0.3) is 5.91 Å². The van der Waals surface area contributed by atoms with Crippen LogP contribution < -0.4 is 15.0 Å². The van der Waals surface area contributed by atoms with Gasteiger partial charge in [0.2, 0.25) is 5.91 Å². The first-order chi connectivity index (χ1) is 11.5. The van der Waals surface area contributed by atoms with E-state index in [4.69, 9.17) is 4.74 Å². The van der Waals surface area contributed by atoms with Gasteiger partial charge in [-0.2, -0.15) is 0 Å². The molecule has 24 heavy (non-hydrogen) atoms. The third-order valence-corrected chi connectivity index (χ3v) is 4.18. The van der Waals surface area contributed by atoms with Crippen molar-refractivity contribution in [3.8, 4) is 5.75 Å². The van der Waals surface area contributed by atoms with E-state index in [1.54, 1.807) is 7.11 Å². The molecule has 2 aromatic rings. The van der Waals surface area contributed by atoms with Crippen molar-refractivity contribution in [2.75, 3.05) is 17.3 Å². The minimum absolute atomic E-state index is 0.129. The molecule has 3 rings (SSSR count). The van der Waals surface area contributed by atoms with Gasteiger partial charge in [-0.15, -0.1) is 0 Å². The van der Waals surface area contributed by atoms with Crippen LogP contribution in [0.5, 0.6) is 5.75 Å². The fourth-order valence-electron chi connectivity index (χ4n) is 3.01. The number of nitrogens with one attached hydrogen (secondary N) is 1. The molecule has 0 aromatic heterocycles. The third kappa shape index (κ3) is 2.85. The minimum atomic E-state index is -0.588. The highest BCUT2D eigenvalue weighted by Gasteiger charge is 2.40. The van der Waals surface area contributed by atoms with E-state index >= 15 is 0 Å². The van der Waals surface area contributed by atoms with Crippen LogP contribution in [0, 0.1) is 13.8 Å². The summed E-state index contributed by atoms with van der Waals surface area (Å²) in [7, 11) is 1.57. The standard InChI is InChI=1S/C19H20N2O3/c1-12-8-9-16(13(2)10-12)21-18(22)11-15(19(21)23)20-14-6-4-5-7-17(14)24-3/h4-10,15,20H,11H2,1-3H3/t15-/m1/s1. The smallest absolute Gasteiger partial charge is 0.256 e. The van der Waals surface area contributed by atoms with Gasteiger partial charge in [0.1, 0.15) is 11.8 Å². The number of ether oxygens (including phenoxy) is 1. The highest BCUT2D eigenvalue weighted by molar-refractivity contribution is 6.23. The van der Waals surface area contributed by atoms with Crippen molar-refractivity contribution >= 4 is 23.2 Å². The summed E-state index contributed by atoms with van der Waals surface area (Å²) in [4.78, 5) is 26.5. The second kappa shape index (κ2) is 6.35. The van der Waals surface area contributed by atoms with Gasteiger partial charge in [0, 0.05) is 0 Å².